The Kier molecular flexibility index (Phi) is 5.02. The first-order valence-corrected chi connectivity index (χ1v) is 7.49. The van der Waals surface area contributed by atoms with Gasteiger partial charge in [-0.25, -0.2) is 12.7 Å². The maximum atomic E-state index is 12.6. The van der Waals surface area contributed by atoms with Crippen LogP contribution in [0.1, 0.15) is 26.2 Å². The zero-order chi connectivity index (χ0) is 14.0. The van der Waals surface area contributed by atoms with E-state index in [2.05, 4.69) is 0 Å². The number of hydrogen-bond donors (Lipinski definition) is 1. The van der Waals surface area contributed by atoms with Crippen LogP contribution in [0.15, 0.2) is 0 Å². The minimum absolute atomic E-state index is 0.00502. The SMILES string of the molecule is CCC(CN)S(=O)(=O)N1CCCC(C(F)(F)F)C1. The third kappa shape index (κ3) is 3.36. The molecule has 2 atom stereocenters. The number of piperidine rings is 1. The zero-order valence-electron chi connectivity index (χ0n) is 10.3. The van der Waals surface area contributed by atoms with Gasteiger partial charge in [-0.2, -0.15) is 13.2 Å². The molecule has 18 heavy (non-hydrogen) atoms. The Hall–Kier alpha value is -0.340. The maximum Gasteiger partial charge on any atom is 0.393 e. The van der Waals surface area contributed by atoms with E-state index in [1.807, 2.05) is 0 Å². The number of nitrogens with zero attached hydrogens (tertiary/aromatic N) is 1. The lowest BCUT2D eigenvalue weighted by Crippen LogP contribution is -2.49. The van der Waals surface area contributed by atoms with E-state index in [4.69, 9.17) is 5.73 Å². The van der Waals surface area contributed by atoms with Gasteiger partial charge in [0.2, 0.25) is 10.0 Å². The molecule has 0 amide bonds. The lowest BCUT2D eigenvalue weighted by molar-refractivity contribution is -0.182. The largest absolute Gasteiger partial charge is 0.393 e. The Labute approximate surface area is 105 Å². The van der Waals surface area contributed by atoms with Crippen LogP contribution in [0.2, 0.25) is 0 Å². The second-order valence-electron chi connectivity index (χ2n) is 4.55. The second-order valence-corrected chi connectivity index (χ2v) is 6.76. The van der Waals surface area contributed by atoms with Gasteiger partial charge in [0.1, 0.15) is 0 Å². The van der Waals surface area contributed by atoms with Crippen LogP contribution in [-0.4, -0.2) is 43.8 Å². The molecular formula is C10H19F3N2O2S. The molecule has 1 aliphatic rings. The monoisotopic (exact) mass is 288 g/mol. The molecule has 0 aromatic rings. The van der Waals surface area contributed by atoms with Crippen LogP contribution in [0.25, 0.3) is 0 Å². The first kappa shape index (κ1) is 15.7. The number of alkyl halides is 3. The van der Waals surface area contributed by atoms with Crippen LogP contribution in [0.4, 0.5) is 13.2 Å². The summed E-state index contributed by atoms with van der Waals surface area (Å²) in [4.78, 5) is 0. The predicted octanol–water partition coefficient (Wildman–Crippen LogP) is 1.33. The summed E-state index contributed by atoms with van der Waals surface area (Å²) < 4.78 is 63.0. The van der Waals surface area contributed by atoms with Crippen LogP contribution in [-0.2, 0) is 10.0 Å². The molecule has 0 saturated carbocycles. The van der Waals surface area contributed by atoms with Crippen molar-refractivity contribution in [2.24, 2.45) is 11.7 Å². The van der Waals surface area contributed by atoms with Gasteiger partial charge in [0, 0.05) is 19.6 Å². The van der Waals surface area contributed by atoms with Crippen LogP contribution < -0.4 is 5.73 Å². The Morgan fingerprint density at radius 1 is 1.44 bits per heavy atom. The van der Waals surface area contributed by atoms with Crippen molar-refractivity contribution in [1.29, 1.82) is 0 Å². The quantitative estimate of drug-likeness (QED) is 0.849. The van der Waals surface area contributed by atoms with Gasteiger partial charge in [0.25, 0.3) is 0 Å². The molecule has 1 saturated heterocycles. The summed E-state index contributed by atoms with van der Waals surface area (Å²) in [5.74, 6) is -1.56. The fourth-order valence-corrected chi connectivity index (χ4v) is 4.01. The Morgan fingerprint density at radius 3 is 2.50 bits per heavy atom. The molecular weight excluding hydrogens is 269 g/mol. The fourth-order valence-electron chi connectivity index (χ4n) is 2.15. The van der Waals surface area contributed by atoms with Crippen molar-refractivity contribution in [2.45, 2.75) is 37.6 Å². The standard InChI is InChI=1S/C10H19F3N2O2S/c1-2-9(6-14)18(16,17)15-5-3-4-8(7-15)10(11,12)13/h8-9H,2-7,14H2,1H3. The Balaban J connectivity index is 2.84. The van der Waals surface area contributed by atoms with Crippen molar-refractivity contribution in [3.63, 3.8) is 0 Å². The van der Waals surface area contributed by atoms with Crippen molar-refractivity contribution in [1.82, 2.24) is 4.31 Å². The van der Waals surface area contributed by atoms with E-state index in [9.17, 15) is 21.6 Å². The van der Waals surface area contributed by atoms with Crippen LogP contribution in [0, 0.1) is 5.92 Å². The predicted molar refractivity (Wildman–Crippen MR) is 62.4 cm³/mol. The molecule has 1 fully saturated rings. The lowest BCUT2D eigenvalue weighted by atomic mass is 9.99. The maximum absolute atomic E-state index is 12.6. The zero-order valence-corrected chi connectivity index (χ0v) is 11.1. The molecule has 1 aliphatic heterocycles. The highest BCUT2D eigenvalue weighted by molar-refractivity contribution is 7.89. The summed E-state index contributed by atoms with van der Waals surface area (Å²) in [6.45, 7) is 1.29. The molecule has 8 heteroatoms. The van der Waals surface area contributed by atoms with E-state index in [-0.39, 0.29) is 25.9 Å². The minimum Gasteiger partial charge on any atom is -0.329 e. The number of nitrogens with two attached hydrogens (primary N) is 1. The molecule has 2 unspecified atom stereocenters. The molecule has 0 aromatic carbocycles. The summed E-state index contributed by atoms with van der Waals surface area (Å²) in [6, 6.07) is 0. The molecule has 0 spiro atoms. The minimum atomic E-state index is -4.33. The van der Waals surface area contributed by atoms with E-state index in [1.54, 1.807) is 6.92 Å². The average Bonchev–Trinajstić information content (AvgIpc) is 2.29. The Morgan fingerprint density at radius 2 is 2.06 bits per heavy atom. The molecule has 0 bridgehead atoms. The molecule has 1 rings (SSSR count). The molecule has 4 nitrogen and oxygen atoms in total. The summed E-state index contributed by atoms with van der Waals surface area (Å²) in [5.41, 5.74) is 5.37. The normalized spacial score (nSPS) is 25.1. The van der Waals surface area contributed by atoms with Crippen molar-refractivity contribution in [2.75, 3.05) is 19.6 Å². The number of hydrogen-bond acceptors (Lipinski definition) is 3. The van der Waals surface area contributed by atoms with Crippen molar-refractivity contribution in [3.05, 3.63) is 0 Å². The third-order valence-corrected chi connectivity index (χ3v) is 5.77. The molecule has 108 valence electrons. The smallest absolute Gasteiger partial charge is 0.329 e. The summed E-state index contributed by atoms with van der Waals surface area (Å²) in [7, 11) is -3.71. The number of sulfonamides is 1. The van der Waals surface area contributed by atoms with Gasteiger partial charge >= 0.3 is 6.18 Å². The number of halogens is 3. The van der Waals surface area contributed by atoms with Gasteiger partial charge in [-0.15, -0.1) is 0 Å². The molecule has 1 heterocycles. The topological polar surface area (TPSA) is 63.4 Å². The highest BCUT2D eigenvalue weighted by Gasteiger charge is 2.45. The van der Waals surface area contributed by atoms with E-state index in [1.165, 1.54) is 0 Å². The summed E-state index contributed by atoms with van der Waals surface area (Å²) in [6.07, 6.45) is -3.79. The summed E-state index contributed by atoms with van der Waals surface area (Å²) in [5, 5.41) is -0.788. The first-order valence-electron chi connectivity index (χ1n) is 5.99. The van der Waals surface area contributed by atoms with E-state index in [0.717, 1.165) is 4.31 Å². The fraction of sp³-hybridized carbons (Fsp3) is 1.00. The highest BCUT2D eigenvalue weighted by Crippen LogP contribution is 2.34. The second kappa shape index (κ2) is 5.75. The van der Waals surface area contributed by atoms with E-state index >= 15 is 0 Å². The van der Waals surface area contributed by atoms with Gasteiger partial charge < -0.3 is 5.73 Å². The third-order valence-electron chi connectivity index (χ3n) is 3.35. The van der Waals surface area contributed by atoms with Gasteiger partial charge in [0.05, 0.1) is 11.2 Å². The van der Waals surface area contributed by atoms with Crippen LogP contribution in [0.3, 0.4) is 0 Å². The van der Waals surface area contributed by atoms with Gasteiger partial charge in [-0.3, -0.25) is 0 Å². The highest BCUT2D eigenvalue weighted by atomic mass is 32.2. The lowest BCUT2D eigenvalue weighted by Gasteiger charge is -2.34. The van der Waals surface area contributed by atoms with E-state index in [0.29, 0.717) is 6.42 Å². The van der Waals surface area contributed by atoms with Gasteiger partial charge in [0.15, 0.2) is 0 Å². The molecule has 2 N–H and O–H groups in total. The van der Waals surface area contributed by atoms with Gasteiger partial charge in [-0.05, 0) is 19.3 Å². The van der Waals surface area contributed by atoms with Crippen molar-refractivity contribution in [3.8, 4) is 0 Å². The Bertz CT molecular complexity index is 366. The molecule has 0 aromatic heterocycles. The first-order chi connectivity index (χ1) is 8.23. The average molecular weight is 288 g/mol. The molecule has 0 aliphatic carbocycles. The van der Waals surface area contributed by atoms with Crippen LogP contribution in [0.5, 0.6) is 0 Å². The van der Waals surface area contributed by atoms with Crippen molar-refractivity contribution >= 4 is 10.0 Å². The van der Waals surface area contributed by atoms with Crippen molar-refractivity contribution < 1.29 is 21.6 Å². The van der Waals surface area contributed by atoms with Crippen LogP contribution >= 0.6 is 0 Å². The summed E-state index contributed by atoms with van der Waals surface area (Å²) >= 11 is 0. The molecule has 0 radical (unpaired) electrons. The van der Waals surface area contributed by atoms with Gasteiger partial charge in [-0.1, -0.05) is 6.92 Å². The number of rotatable bonds is 4. The van der Waals surface area contributed by atoms with E-state index < -0.39 is 33.9 Å².